The number of nitro groups is 1. The Hall–Kier alpha value is -1.83. The second-order valence-electron chi connectivity index (χ2n) is 5.19. The van der Waals surface area contributed by atoms with Crippen LogP contribution in [-0.4, -0.2) is 11.0 Å². The van der Waals surface area contributed by atoms with Crippen LogP contribution in [0.1, 0.15) is 50.7 Å². The van der Waals surface area contributed by atoms with E-state index in [4.69, 9.17) is 5.73 Å². The molecule has 130 valence electrons. The van der Waals surface area contributed by atoms with Gasteiger partial charge in [-0.05, 0) is 24.5 Å². The molecule has 0 radical (unpaired) electrons. The molecule has 0 saturated heterocycles. The molecule has 1 aromatic carbocycles. The van der Waals surface area contributed by atoms with Gasteiger partial charge in [-0.3, -0.25) is 10.1 Å². The Kier molecular flexibility index (Phi) is 6.80. The molecule has 0 amide bonds. The Bertz CT molecular complexity index is 542. The summed E-state index contributed by atoms with van der Waals surface area (Å²) < 4.78 is 38.7. The fourth-order valence-electron chi connectivity index (χ4n) is 2.58. The summed E-state index contributed by atoms with van der Waals surface area (Å²) in [5.41, 5.74) is 2.80. The molecule has 0 heterocycles. The van der Waals surface area contributed by atoms with E-state index in [1.54, 1.807) is 0 Å². The number of nitrogens with zero attached hydrogens (tertiary/aromatic N) is 1. The highest BCUT2D eigenvalue weighted by atomic mass is 19.4. The number of nitrogens with one attached hydrogen (secondary N) is 1. The van der Waals surface area contributed by atoms with Gasteiger partial charge in [0.25, 0.3) is 5.69 Å². The Balaban J connectivity index is 0.00000127. The maximum atomic E-state index is 12.9. The SMILES string of the molecule is CC.Nc1c([N+](=O)[O-])cc(CNC2CCCC2)cc1C(F)(F)F. The normalized spacial score (nSPS) is 15.2. The Labute approximate surface area is 133 Å². The molecule has 5 nitrogen and oxygen atoms in total. The van der Waals surface area contributed by atoms with Gasteiger partial charge in [0.15, 0.2) is 0 Å². The van der Waals surface area contributed by atoms with E-state index in [-0.39, 0.29) is 18.2 Å². The average molecular weight is 333 g/mol. The van der Waals surface area contributed by atoms with Crippen molar-refractivity contribution in [3.63, 3.8) is 0 Å². The molecule has 0 atom stereocenters. The Morgan fingerprint density at radius 3 is 2.35 bits per heavy atom. The van der Waals surface area contributed by atoms with Crippen molar-refractivity contribution in [1.82, 2.24) is 5.32 Å². The number of halogens is 3. The van der Waals surface area contributed by atoms with Gasteiger partial charge >= 0.3 is 6.18 Å². The molecule has 0 unspecified atom stereocenters. The molecule has 8 heteroatoms. The van der Waals surface area contributed by atoms with Crippen molar-refractivity contribution in [2.24, 2.45) is 0 Å². The lowest BCUT2D eigenvalue weighted by atomic mass is 10.1. The summed E-state index contributed by atoms with van der Waals surface area (Å²) in [6.07, 6.45) is -0.578. The zero-order valence-corrected chi connectivity index (χ0v) is 13.2. The van der Waals surface area contributed by atoms with Crippen LogP contribution in [0.15, 0.2) is 12.1 Å². The van der Waals surface area contributed by atoms with Crippen LogP contribution in [0.4, 0.5) is 24.5 Å². The molecule has 0 spiro atoms. The van der Waals surface area contributed by atoms with Crippen LogP contribution in [0.5, 0.6) is 0 Å². The van der Waals surface area contributed by atoms with E-state index in [2.05, 4.69) is 5.32 Å². The first-order valence-corrected chi connectivity index (χ1v) is 7.66. The number of rotatable bonds is 4. The lowest BCUT2D eigenvalue weighted by molar-refractivity contribution is -0.384. The molecule has 1 saturated carbocycles. The molecule has 0 aliphatic heterocycles. The van der Waals surface area contributed by atoms with Crippen LogP contribution < -0.4 is 11.1 Å². The first-order valence-electron chi connectivity index (χ1n) is 7.66. The van der Waals surface area contributed by atoms with Crippen molar-refractivity contribution in [3.05, 3.63) is 33.4 Å². The van der Waals surface area contributed by atoms with Crippen LogP contribution >= 0.6 is 0 Å². The van der Waals surface area contributed by atoms with E-state index in [1.807, 2.05) is 13.8 Å². The number of anilines is 1. The summed E-state index contributed by atoms with van der Waals surface area (Å²) in [6, 6.07) is 2.24. The molecule has 2 rings (SSSR count). The standard InChI is InChI=1S/C13H16F3N3O2.C2H6/c14-13(15,16)10-5-8(6-11(12(10)17)19(20)21)7-18-9-3-1-2-4-9;1-2/h5-6,9,18H,1-4,7,17H2;1-2H3. The van der Waals surface area contributed by atoms with Gasteiger partial charge in [-0.2, -0.15) is 13.2 Å². The first-order chi connectivity index (χ1) is 10.8. The van der Waals surface area contributed by atoms with Crippen LogP contribution in [0.25, 0.3) is 0 Å². The first kappa shape index (κ1) is 19.2. The predicted octanol–water partition coefficient (Wildman–Crippen LogP) is 4.25. The number of benzene rings is 1. The second-order valence-corrected chi connectivity index (χ2v) is 5.19. The van der Waals surface area contributed by atoms with Gasteiger partial charge in [0.05, 0.1) is 10.5 Å². The van der Waals surface area contributed by atoms with Crippen molar-refractivity contribution in [2.75, 3.05) is 5.73 Å². The van der Waals surface area contributed by atoms with E-state index in [0.29, 0.717) is 0 Å². The van der Waals surface area contributed by atoms with Crippen molar-refractivity contribution in [1.29, 1.82) is 0 Å². The number of nitrogens with two attached hydrogens (primary N) is 1. The number of nitro benzene ring substituents is 1. The fourth-order valence-corrected chi connectivity index (χ4v) is 2.58. The van der Waals surface area contributed by atoms with Gasteiger partial charge in [-0.1, -0.05) is 26.7 Å². The summed E-state index contributed by atoms with van der Waals surface area (Å²) >= 11 is 0. The van der Waals surface area contributed by atoms with Gasteiger partial charge in [0, 0.05) is 18.7 Å². The molecule has 1 aliphatic carbocycles. The highest BCUT2D eigenvalue weighted by Gasteiger charge is 2.36. The van der Waals surface area contributed by atoms with Crippen molar-refractivity contribution in [2.45, 2.75) is 58.3 Å². The van der Waals surface area contributed by atoms with Gasteiger partial charge in [0.2, 0.25) is 0 Å². The summed E-state index contributed by atoms with van der Waals surface area (Å²) in [5, 5.41) is 14.0. The average Bonchev–Trinajstić information content (AvgIpc) is 3.00. The summed E-state index contributed by atoms with van der Waals surface area (Å²) in [4.78, 5) is 9.97. The number of alkyl halides is 3. The smallest absolute Gasteiger partial charge is 0.393 e. The largest absolute Gasteiger partial charge is 0.418 e. The van der Waals surface area contributed by atoms with Crippen LogP contribution in [0.3, 0.4) is 0 Å². The van der Waals surface area contributed by atoms with Gasteiger partial charge < -0.3 is 11.1 Å². The van der Waals surface area contributed by atoms with E-state index in [9.17, 15) is 23.3 Å². The fraction of sp³-hybridized carbons (Fsp3) is 0.600. The van der Waals surface area contributed by atoms with Crippen LogP contribution in [0.2, 0.25) is 0 Å². The Morgan fingerprint density at radius 1 is 1.30 bits per heavy atom. The maximum absolute atomic E-state index is 12.9. The van der Waals surface area contributed by atoms with Gasteiger partial charge in [-0.25, -0.2) is 0 Å². The molecule has 1 fully saturated rings. The summed E-state index contributed by atoms with van der Waals surface area (Å²) in [6.45, 7) is 4.16. The van der Waals surface area contributed by atoms with E-state index in [1.165, 1.54) is 0 Å². The summed E-state index contributed by atoms with van der Waals surface area (Å²) in [5.74, 6) is 0. The molecule has 1 aromatic rings. The summed E-state index contributed by atoms with van der Waals surface area (Å²) in [7, 11) is 0. The van der Waals surface area contributed by atoms with Crippen LogP contribution in [-0.2, 0) is 12.7 Å². The number of hydrogen-bond donors (Lipinski definition) is 2. The van der Waals surface area contributed by atoms with Crippen molar-refractivity contribution >= 4 is 11.4 Å². The number of nitrogen functional groups attached to an aromatic ring is 1. The lowest BCUT2D eigenvalue weighted by Crippen LogP contribution is -2.25. The van der Waals surface area contributed by atoms with Gasteiger partial charge in [-0.15, -0.1) is 0 Å². The third-order valence-electron chi connectivity index (χ3n) is 3.67. The molecule has 23 heavy (non-hydrogen) atoms. The highest BCUT2D eigenvalue weighted by Crippen LogP contribution is 2.38. The molecule has 0 aromatic heterocycles. The highest BCUT2D eigenvalue weighted by molar-refractivity contribution is 5.65. The minimum Gasteiger partial charge on any atom is -0.393 e. The molecule has 1 aliphatic rings. The third kappa shape index (κ3) is 5.09. The van der Waals surface area contributed by atoms with Crippen molar-refractivity contribution < 1.29 is 18.1 Å². The molecular formula is C15H22F3N3O2. The lowest BCUT2D eigenvalue weighted by Gasteiger charge is -2.15. The minimum absolute atomic E-state index is 0.162. The molecule has 3 N–H and O–H groups in total. The van der Waals surface area contributed by atoms with E-state index < -0.39 is 28.0 Å². The minimum atomic E-state index is -4.71. The maximum Gasteiger partial charge on any atom is 0.418 e. The zero-order valence-electron chi connectivity index (χ0n) is 13.2. The van der Waals surface area contributed by atoms with Crippen molar-refractivity contribution in [3.8, 4) is 0 Å². The zero-order chi connectivity index (χ0) is 17.6. The molecular weight excluding hydrogens is 311 g/mol. The Morgan fingerprint density at radius 2 is 1.87 bits per heavy atom. The quantitative estimate of drug-likeness (QED) is 0.490. The number of hydrogen-bond acceptors (Lipinski definition) is 4. The van der Waals surface area contributed by atoms with E-state index in [0.717, 1.165) is 37.8 Å². The topological polar surface area (TPSA) is 81.2 Å². The van der Waals surface area contributed by atoms with Gasteiger partial charge in [0.1, 0.15) is 5.69 Å². The van der Waals surface area contributed by atoms with Crippen LogP contribution in [0, 0.1) is 10.1 Å². The third-order valence-corrected chi connectivity index (χ3v) is 3.67. The van der Waals surface area contributed by atoms with E-state index >= 15 is 0 Å². The predicted molar refractivity (Wildman–Crippen MR) is 83.0 cm³/mol. The second kappa shape index (κ2) is 8.14. The monoisotopic (exact) mass is 333 g/mol. The molecule has 0 bridgehead atoms.